The molecule has 6 heteroatoms. The zero-order valence-corrected chi connectivity index (χ0v) is 14.4. The number of anilines is 2. The predicted octanol–water partition coefficient (Wildman–Crippen LogP) is 3.05. The van der Waals surface area contributed by atoms with Crippen LogP contribution in [0.3, 0.4) is 0 Å². The van der Waals surface area contributed by atoms with Crippen molar-refractivity contribution >= 4 is 23.3 Å². The summed E-state index contributed by atoms with van der Waals surface area (Å²) in [5.41, 5.74) is 1.33. The van der Waals surface area contributed by atoms with Crippen LogP contribution in [0.4, 0.5) is 16.2 Å². The molecule has 1 aliphatic rings. The first-order valence-electron chi connectivity index (χ1n) is 8.60. The van der Waals surface area contributed by atoms with Crippen LogP contribution in [0, 0.1) is 5.92 Å². The minimum absolute atomic E-state index is 0.0536. The Morgan fingerprint density at radius 1 is 1.29 bits per heavy atom. The van der Waals surface area contributed by atoms with Crippen LogP contribution in [0.5, 0.6) is 0 Å². The number of hydrogen-bond donors (Lipinski definition) is 3. The summed E-state index contributed by atoms with van der Waals surface area (Å²) >= 11 is 0. The third-order valence-electron chi connectivity index (χ3n) is 4.24. The predicted molar refractivity (Wildman–Crippen MR) is 95.0 cm³/mol. The molecule has 1 aromatic carbocycles. The number of carbonyl (C=O) groups is 2. The van der Waals surface area contributed by atoms with Gasteiger partial charge in [0.2, 0.25) is 5.91 Å². The van der Waals surface area contributed by atoms with Gasteiger partial charge in [0.15, 0.2) is 0 Å². The van der Waals surface area contributed by atoms with Crippen LogP contribution in [0.1, 0.15) is 39.5 Å². The molecule has 0 aromatic heterocycles. The van der Waals surface area contributed by atoms with Crippen molar-refractivity contribution in [3.8, 4) is 0 Å². The molecule has 1 saturated heterocycles. The second kappa shape index (κ2) is 8.68. The molecular weight excluding hydrogens is 306 g/mol. The molecule has 2 rings (SSSR count). The molecule has 1 atom stereocenters. The first-order chi connectivity index (χ1) is 11.5. The highest BCUT2D eigenvalue weighted by atomic mass is 16.3. The maximum Gasteiger partial charge on any atom is 0.322 e. The molecule has 0 radical (unpaired) electrons. The Morgan fingerprint density at radius 2 is 2.00 bits per heavy atom. The van der Waals surface area contributed by atoms with E-state index in [1.165, 1.54) is 0 Å². The van der Waals surface area contributed by atoms with Gasteiger partial charge in [-0.05, 0) is 43.9 Å². The molecular formula is C18H27N3O3. The van der Waals surface area contributed by atoms with Gasteiger partial charge in [0.25, 0.3) is 0 Å². The molecule has 1 aliphatic heterocycles. The van der Waals surface area contributed by atoms with E-state index in [2.05, 4.69) is 10.6 Å². The summed E-state index contributed by atoms with van der Waals surface area (Å²) in [4.78, 5) is 26.1. The second-order valence-electron chi connectivity index (χ2n) is 6.51. The number of aliphatic hydroxyl groups excluding tert-OH is 1. The number of rotatable bonds is 6. The van der Waals surface area contributed by atoms with Crippen molar-refractivity contribution in [2.24, 2.45) is 5.92 Å². The van der Waals surface area contributed by atoms with Crippen molar-refractivity contribution in [1.29, 1.82) is 0 Å². The topological polar surface area (TPSA) is 81.7 Å². The summed E-state index contributed by atoms with van der Waals surface area (Å²) in [7, 11) is 0. The van der Waals surface area contributed by atoms with Crippen LogP contribution in [-0.4, -0.2) is 41.1 Å². The highest BCUT2D eigenvalue weighted by molar-refractivity contribution is 5.94. The molecule has 1 fully saturated rings. The molecule has 24 heavy (non-hydrogen) atoms. The van der Waals surface area contributed by atoms with E-state index in [-0.39, 0.29) is 30.5 Å². The van der Waals surface area contributed by atoms with Crippen molar-refractivity contribution in [3.63, 3.8) is 0 Å². The Morgan fingerprint density at radius 3 is 2.67 bits per heavy atom. The van der Waals surface area contributed by atoms with Crippen LogP contribution in [-0.2, 0) is 4.79 Å². The second-order valence-corrected chi connectivity index (χ2v) is 6.51. The zero-order chi connectivity index (χ0) is 17.5. The van der Waals surface area contributed by atoms with Gasteiger partial charge in [0.05, 0.1) is 0 Å². The van der Waals surface area contributed by atoms with Gasteiger partial charge < -0.3 is 20.6 Å². The number of nitrogens with one attached hydrogen (secondary N) is 2. The lowest BCUT2D eigenvalue weighted by molar-refractivity contribution is -0.118. The van der Waals surface area contributed by atoms with Crippen molar-refractivity contribution in [2.45, 2.75) is 45.6 Å². The lowest BCUT2D eigenvalue weighted by Crippen LogP contribution is -2.38. The smallest absolute Gasteiger partial charge is 0.322 e. The fourth-order valence-electron chi connectivity index (χ4n) is 2.89. The molecule has 1 heterocycles. The molecule has 0 spiro atoms. The summed E-state index contributed by atoms with van der Waals surface area (Å²) in [6.07, 6.45) is 3.52. The Kier molecular flexibility index (Phi) is 6.61. The lowest BCUT2D eigenvalue weighted by atomic mass is 10.1. The molecule has 3 N–H and O–H groups in total. The van der Waals surface area contributed by atoms with Crippen molar-refractivity contribution in [1.82, 2.24) is 4.90 Å². The number of nitrogens with zero attached hydrogens (tertiary/aromatic N) is 1. The van der Waals surface area contributed by atoms with Crippen LogP contribution in [0.25, 0.3) is 0 Å². The van der Waals surface area contributed by atoms with Gasteiger partial charge in [0.1, 0.15) is 0 Å². The highest BCUT2D eigenvalue weighted by Crippen LogP contribution is 2.23. The molecule has 0 aliphatic carbocycles. The van der Waals surface area contributed by atoms with Gasteiger partial charge in [-0.3, -0.25) is 4.79 Å². The van der Waals surface area contributed by atoms with E-state index in [0.29, 0.717) is 17.8 Å². The minimum atomic E-state index is -0.122. The average Bonchev–Trinajstić information content (AvgIpc) is 3.01. The Labute approximate surface area is 143 Å². The Bertz CT molecular complexity index is 574. The van der Waals surface area contributed by atoms with Crippen LogP contribution < -0.4 is 10.6 Å². The molecule has 6 nitrogen and oxygen atoms in total. The summed E-state index contributed by atoms with van der Waals surface area (Å²) in [5, 5.41) is 14.7. The van der Waals surface area contributed by atoms with Crippen molar-refractivity contribution in [2.75, 3.05) is 23.8 Å². The monoisotopic (exact) mass is 333 g/mol. The summed E-state index contributed by atoms with van der Waals surface area (Å²) in [5.74, 6) is -0.151. The quantitative estimate of drug-likeness (QED) is 0.748. The summed E-state index contributed by atoms with van der Waals surface area (Å²) < 4.78 is 0. The van der Waals surface area contributed by atoms with E-state index in [1.807, 2.05) is 24.8 Å². The third-order valence-corrected chi connectivity index (χ3v) is 4.24. The van der Waals surface area contributed by atoms with Crippen molar-refractivity contribution < 1.29 is 14.7 Å². The number of benzene rings is 1. The molecule has 3 amide bonds. The highest BCUT2D eigenvalue weighted by Gasteiger charge is 2.28. The first-order valence-corrected chi connectivity index (χ1v) is 8.60. The molecule has 0 bridgehead atoms. The SMILES string of the molecule is CC(C)C(=O)Nc1cccc(NC(=O)N2CCCC2CCCO)c1. The number of hydrogen-bond acceptors (Lipinski definition) is 3. The summed E-state index contributed by atoms with van der Waals surface area (Å²) in [6, 6.07) is 7.25. The Hall–Kier alpha value is -2.08. The fourth-order valence-corrected chi connectivity index (χ4v) is 2.89. The number of carbonyl (C=O) groups excluding carboxylic acids is 2. The number of aliphatic hydroxyl groups is 1. The van der Waals surface area contributed by atoms with Crippen LogP contribution in [0.2, 0.25) is 0 Å². The van der Waals surface area contributed by atoms with Gasteiger partial charge in [-0.25, -0.2) is 4.79 Å². The van der Waals surface area contributed by atoms with Crippen molar-refractivity contribution in [3.05, 3.63) is 24.3 Å². The van der Waals surface area contributed by atoms with E-state index >= 15 is 0 Å². The molecule has 1 aromatic rings. The standard InChI is InChI=1S/C18H27N3O3/c1-13(2)17(23)19-14-6-3-7-15(12-14)20-18(24)21-10-4-8-16(21)9-5-11-22/h3,6-7,12-13,16,22H,4-5,8-11H2,1-2H3,(H,19,23)(H,20,24). The largest absolute Gasteiger partial charge is 0.396 e. The van der Waals surface area contributed by atoms with Crippen LogP contribution in [0.15, 0.2) is 24.3 Å². The van der Waals surface area contributed by atoms with Gasteiger partial charge in [-0.15, -0.1) is 0 Å². The normalized spacial score (nSPS) is 17.2. The minimum Gasteiger partial charge on any atom is -0.396 e. The van der Waals surface area contributed by atoms with Gasteiger partial charge in [-0.2, -0.15) is 0 Å². The first kappa shape index (κ1) is 18.3. The van der Waals surface area contributed by atoms with E-state index in [9.17, 15) is 9.59 Å². The Balaban J connectivity index is 1.97. The van der Waals surface area contributed by atoms with E-state index in [0.717, 1.165) is 25.8 Å². The molecule has 132 valence electrons. The lowest BCUT2D eigenvalue weighted by Gasteiger charge is -2.25. The maximum absolute atomic E-state index is 12.5. The number of amides is 3. The molecule has 0 saturated carbocycles. The average molecular weight is 333 g/mol. The number of urea groups is 1. The van der Waals surface area contributed by atoms with Gasteiger partial charge in [-0.1, -0.05) is 19.9 Å². The third kappa shape index (κ3) is 4.96. The maximum atomic E-state index is 12.5. The van der Waals surface area contributed by atoms with Gasteiger partial charge in [0, 0.05) is 36.5 Å². The summed E-state index contributed by atoms with van der Waals surface area (Å²) in [6.45, 7) is 4.57. The van der Waals surface area contributed by atoms with E-state index < -0.39 is 0 Å². The molecule has 1 unspecified atom stereocenters. The van der Waals surface area contributed by atoms with Crippen LogP contribution >= 0.6 is 0 Å². The van der Waals surface area contributed by atoms with E-state index in [4.69, 9.17) is 5.11 Å². The fraction of sp³-hybridized carbons (Fsp3) is 0.556. The van der Waals surface area contributed by atoms with E-state index in [1.54, 1.807) is 18.2 Å². The van der Waals surface area contributed by atoms with Gasteiger partial charge >= 0.3 is 6.03 Å². The number of likely N-dealkylation sites (tertiary alicyclic amines) is 1. The zero-order valence-electron chi connectivity index (χ0n) is 14.4.